The Bertz CT molecular complexity index is 1100. The highest BCUT2D eigenvalue weighted by molar-refractivity contribution is 7.98. The zero-order chi connectivity index (χ0) is 20.5. The van der Waals surface area contributed by atoms with Gasteiger partial charge in [0.15, 0.2) is 11.6 Å². The number of aryl methyl sites for hydroxylation is 1. The number of ether oxygens (including phenoxy) is 1. The Labute approximate surface area is 172 Å². The van der Waals surface area contributed by atoms with Gasteiger partial charge in [-0.3, -0.25) is 4.79 Å². The summed E-state index contributed by atoms with van der Waals surface area (Å²) in [7, 11) is 1.35. The lowest BCUT2D eigenvalue weighted by atomic mass is 10.1. The van der Waals surface area contributed by atoms with Gasteiger partial charge in [-0.2, -0.15) is 0 Å². The number of carbonyl (C=O) groups is 2. The smallest absolute Gasteiger partial charge is 0.337 e. The van der Waals surface area contributed by atoms with Crippen LogP contribution in [0.1, 0.15) is 32.0 Å². The number of hydrogen-bond donors (Lipinski definition) is 0. The number of carbonyl (C=O) groups excluding carboxylic acids is 2. The van der Waals surface area contributed by atoms with E-state index in [1.54, 1.807) is 48.4 Å². The lowest BCUT2D eigenvalue weighted by Crippen LogP contribution is -2.30. The van der Waals surface area contributed by atoms with E-state index >= 15 is 0 Å². The maximum absolute atomic E-state index is 13.4. The molecule has 0 aliphatic carbocycles. The molecular formula is C21H19N3O4S. The van der Waals surface area contributed by atoms with Crippen molar-refractivity contribution in [1.82, 2.24) is 9.97 Å². The number of fused-ring (bicyclic) bond motifs is 1. The molecular weight excluding hydrogens is 390 g/mol. The third-order valence-electron chi connectivity index (χ3n) is 4.85. The van der Waals surface area contributed by atoms with Gasteiger partial charge in [-0.15, -0.1) is 11.8 Å². The quantitative estimate of drug-likeness (QED) is 0.368. The van der Waals surface area contributed by atoms with Crippen LogP contribution in [0.15, 0.2) is 46.0 Å². The molecule has 0 spiro atoms. The summed E-state index contributed by atoms with van der Waals surface area (Å²) < 4.78 is 10.2. The first-order valence-electron chi connectivity index (χ1n) is 9.03. The maximum atomic E-state index is 13.4. The molecule has 1 aliphatic heterocycles. The zero-order valence-corrected chi connectivity index (χ0v) is 17.1. The van der Waals surface area contributed by atoms with Crippen LogP contribution in [-0.2, 0) is 11.2 Å². The summed E-state index contributed by atoms with van der Waals surface area (Å²) in [6.45, 7) is 2.34. The van der Waals surface area contributed by atoms with E-state index in [2.05, 4.69) is 9.97 Å². The first-order valence-corrected chi connectivity index (χ1v) is 10.3. The number of methoxy groups -OCH3 is 1. The third kappa shape index (κ3) is 3.40. The van der Waals surface area contributed by atoms with Gasteiger partial charge in [0, 0.05) is 12.2 Å². The topological polar surface area (TPSA) is 85.5 Å². The van der Waals surface area contributed by atoms with Crippen LogP contribution in [-0.4, -0.2) is 41.8 Å². The Morgan fingerprint density at radius 3 is 2.76 bits per heavy atom. The standard InChI is InChI=1S/C21H19N3O4S/c1-12-17(19(29-3)23-18(22-12)16-5-4-10-28-16)20(25)24-9-8-13-11-14(21(26)27-2)6-7-15(13)24/h4-7,10-11H,8-9H2,1-3H3. The van der Waals surface area contributed by atoms with Crippen LogP contribution in [0.25, 0.3) is 11.6 Å². The highest BCUT2D eigenvalue weighted by Crippen LogP contribution is 2.33. The van der Waals surface area contributed by atoms with Crippen LogP contribution < -0.4 is 4.90 Å². The van der Waals surface area contributed by atoms with E-state index in [1.165, 1.54) is 18.9 Å². The van der Waals surface area contributed by atoms with Crippen molar-refractivity contribution in [1.29, 1.82) is 0 Å². The van der Waals surface area contributed by atoms with Crippen molar-refractivity contribution < 1.29 is 18.7 Å². The highest BCUT2D eigenvalue weighted by Gasteiger charge is 2.30. The fourth-order valence-corrected chi connectivity index (χ4v) is 4.07. The molecule has 0 fully saturated rings. The Hall–Kier alpha value is -3.13. The summed E-state index contributed by atoms with van der Waals surface area (Å²) in [6.07, 6.45) is 4.12. The molecule has 0 unspecified atom stereocenters. The summed E-state index contributed by atoms with van der Waals surface area (Å²) >= 11 is 1.40. The van der Waals surface area contributed by atoms with Gasteiger partial charge < -0.3 is 14.1 Å². The van der Waals surface area contributed by atoms with Gasteiger partial charge in [0.1, 0.15) is 5.03 Å². The van der Waals surface area contributed by atoms with Crippen molar-refractivity contribution in [2.75, 3.05) is 24.8 Å². The van der Waals surface area contributed by atoms with Gasteiger partial charge in [0.2, 0.25) is 0 Å². The number of amides is 1. The van der Waals surface area contributed by atoms with Crippen LogP contribution in [0.2, 0.25) is 0 Å². The van der Waals surface area contributed by atoms with Crippen molar-refractivity contribution in [2.45, 2.75) is 18.4 Å². The normalized spacial score (nSPS) is 12.7. The van der Waals surface area contributed by atoms with Crippen LogP contribution in [0, 0.1) is 6.92 Å². The fourth-order valence-electron chi connectivity index (χ4n) is 3.45. The monoisotopic (exact) mass is 409 g/mol. The number of aromatic nitrogens is 2. The minimum atomic E-state index is -0.389. The van der Waals surface area contributed by atoms with Crippen LogP contribution in [0.5, 0.6) is 0 Å². The van der Waals surface area contributed by atoms with Crippen LogP contribution in [0.3, 0.4) is 0 Å². The van der Waals surface area contributed by atoms with Crippen LogP contribution >= 0.6 is 11.8 Å². The van der Waals surface area contributed by atoms with Gasteiger partial charge >= 0.3 is 5.97 Å². The Morgan fingerprint density at radius 1 is 1.24 bits per heavy atom. The van der Waals surface area contributed by atoms with E-state index in [9.17, 15) is 9.59 Å². The number of thioether (sulfide) groups is 1. The number of nitrogens with zero attached hydrogens (tertiary/aromatic N) is 3. The van der Waals surface area contributed by atoms with Gasteiger partial charge in [-0.1, -0.05) is 0 Å². The molecule has 1 amide bonds. The molecule has 3 heterocycles. The SMILES string of the molecule is COC(=O)c1ccc2c(c1)CCN2C(=O)c1c(C)nc(-c2ccco2)nc1SC. The molecule has 0 saturated carbocycles. The lowest BCUT2D eigenvalue weighted by Gasteiger charge is -2.20. The molecule has 4 rings (SSSR count). The predicted octanol–water partition coefficient (Wildman–Crippen LogP) is 3.76. The predicted molar refractivity (Wildman–Crippen MR) is 109 cm³/mol. The molecule has 29 heavy (non-hydrogen) atoms. The molecule has 1 aromatic carbocycles. The van der Waals surface area contributed by atoms with Gasteiger partial charge in [-0.25, -0.2) is 14.8 Å². The van der Waals surface area contributed by atoms with E-state index in [0.717, 1.165) is 11.3 Å². The van der Waals surface area contributed by atoms with E-state index in [1.807, 2.05) is 6.26 Å². The van der Waals surface area contributed by atoms with Crippen molar-refractivity contribution in [3.8, 4) is 11.6 Å². The lowest BCUT2D eigenvalue weighted by molar-refractivity contribution is 0.0600. The molecule has 0 atom stereocenters. The molecule has 0 radical (unpaired) electrons. The average molecular weight is 409 g/mol. The number of esters is 1. The van der Waals surface area contributed by atoms with Crippen molar-refractivity contribution in [3.63, 3.8) is 0 Å². The van der Waals surface area contributed by atoms with E-state index in [0.29, 0.717) is 46.4 Å². The van der Waals surface area contributed by atoms with E-state index < -0.39 is 0 Å². The molecule has 0 N–H and O–H groups in total. The average Bonchev–Trinajstić information content (AvgIpc) is 3.41. The summed E-state index contributed by atoms with van der Waals surface area (Å²) in [6, 6.07) is 8.81. The zero-order valence-electron chi connectivity index (χ0n) is 16.3. The molecule has 8 heteroatoms. The highest BCUT2D eigenvalue weighted by atomic mass is 32.2. The van der Waals surface area contributed by atoms with Crippen molar-refractivity contribution >= 4 is 29.3 Å². The molecule has 1 aliphatic rings. The number of hydrogen-bond acceptors (Lipinski definition) is 7. The molecule has 0 saturated heterocycles. The second-order valence-corrected chi connectivity index (χ2v) is 7.33. The maximum Gasteiger partial charge on any atom is 0.337 e. The first-order chi connectivity index (χ1) is 14.0. The summed E-state index contributed by atoms with van der Waals surface area (Å²) in [5.74, 6) is 0.476. The Kier molecular flexibility index (Phi) is 5.10. The minimum absolute atomic E-state index is 0.151. The molecule has 2 aromatic heterocycles. The second-order valence-electron chi connectivity index (χ2n) is 6.54. The third-order valence-corrected chi connectivity index (χ3v) is 5.53. The summed E-state index contributed by atoms with van der Waals surface area (Å²) in [5.41, 5.74) is 3.30. The number of anilines is 1. The molecule has 3 aromatic rings. The van der Waals surface area contributed by atoms with Crippen LogP contribution in [0.4, 0.5) is 5.69 Å². The largest absolute Gasteiger partial charge is 0.465 e. The summed E-state index contributed by atoms with van der Waals surface area (Å²) in [5, 5.41) is 0.605. The van der Waals surface area contributed by atoms with Crippen molar-refractivity contribution in [2.24, 2.45) is 0 Å². The second kappa shape index (κ2) is 7.71. The first kappa shape index (κ1) is 19.2. The Balaban J connectivity index is 1.70. The van der Waals surface area contributed by atoms with Crippen molar-refractivity contribution in [3.05, 3.63) is 59.0 Å². The number of benzene rings is 1. The number of furan rings is 1. The summed E-state index contributed by atoms with van der Waals surface area (Å²) in [4.78, 5) is 35.9. The van der Waals surface area contributed by atoms with E-state index in [-0.39, 0.29) is 11.9 Å². The van der Waals surface area contributed by atoms with Gasteiger partial charge in [-0.05, 0) is 55.5 Å². The molecule has 7 nitrogen and oxygen atoms in total. The minimum Gasteiger partial charge on any atom is -0.465 e. The number of rotatable bonds is 4. The Morgan fingerprint density at radius 2 is 2.07 bits per heavy atom. The van der Waals surface area contributed by atoms with Gasteiger partial charge in [0.25, 0.3) is 5.91 Å². The van der Waals surface area contributed by atoms with Gasteiger partial charge in [0.05, 0.1) is 30.2 Å². The molecule has 148 valence electrons. The molecule has 0 bridgehead atoms. The van der Waals surface area contributed by atoms with E-state index in [4.69, 9.17) is 9.15 Å². The fraction of sp³-hybridized carbons (Fsp3) is 0.238.